The Kier molecular flexibility index (Phi) is 8.08. The van der Waals surface area contributed by atoms with Crippen LogP contribution >= 0.6 is 0 Å². The van der Waals surface area contributed by atoms with Crippen LogP contribution in [0.2, 0.25) is 0 Å². The Morgan fingerprint density at radius 1 is 0.974 bits per heavy atom. The van der Waals surface area contributed by atoms with Gasteiger partial charge in [-0.25, -0.2) is 0 Å². The second-order valence-corrected chi connectivity index (χ2v) is 10.2. The van der Waals surface area contributed by atoms with E-state index in [0.29, 0.717) is 31.6 Å². The number of rotatable bonds is 8. The van der Waals surface area contributed by atoms with Gasteiger partial charge in [0.05, 0.1) is 12.6 Å². The molecule has 3 heterocycles. The molecule has 38 heavy (non-hydrogen) atoms. The largest absolute Gasteiger partial charge is 0.496 e. The molecule has 0 spiro atoms. The summed E-state index contributed by atoms with van der Waals surface area (Å²) in [5, 5.41) is 3.85. The van der Waals surface area contributed by atoms with Crippen LogP contribution < -0.4 is 15.0 Å². The molecule has 2 aromatic carbocycles. The standard InChI is InChI=1S/C30H37N5O3/c1-33-17-19-34(20-18-33)27-11-12-28(38-2)23-13-16-35(21-25(23)27)29(36)10-3-4-14-32-30(37)24-7-5-9-26-22(24)8-6-15-31-26/h5-9,11-12,15H,3-4,10,13-14,16-21H2,1-2H3,(H,32,37). The smallest absolute Gasteiger partial charge is 0.251 e. The molecule has 0 aliphatic carbocycles. The first-order valence-electron chi connectivity index (χ1n) is 13.6. The van der Waals surface area contributed by atoms with Gasteiger partial charge in [0.1, 0.15) is 5.75 Å². The molecule has 1 N–H and O–H groups in total. The van der Waals surface area contributed by atoms with Gasteiger partial charge in [-0.1, -0.05) is 12.1 Å². The van der Waals surface area contributed by atoms with Gasteiger partial charge < -0.3 is 24.8 Å². The van der Waals surface area contributed by atoms with E-state index in [9.17, 15) is 9.59 Å². The van der Waals surface area contributed by atoms with Crippen LogP contribution in [0.3, 0.4) is 0 Å². The Balaban J connectivity index is 1.14. The number of hydrogen-bond acceptors (Lipinski definition) is 6. The van der Waals surface area contributed by atoms with E-state index >= 15 is 0 Å². The molecule has 1 fully saturated rings. The molecular formula is C30H37N5O3. The second-order valence-electron chi connectivity index (χ2n) is 10.2. The number of amides is 2. The summed E-state index contributed by atoms with van der Waals surface area (Å²) in [6.07, 6.45) is 4.51. The Hall–Kier alpha value is -3.65. The average Bonchev–Trinajstić information content (AvgIpc) is 2.96. The third kappa shape index (κ3) is 5.60. The van der Waals surface area contributed by atoms with Crippen molar-refractivity contribution in [3.8, 4) is 5.75 Å². The number of nitrogens with one attached hydrogen (secondary N) is 1. The minimum absolute atomic E-state index is 0.104. The number of carbonyl (C=O) groups is 2. The van der Waals surface area contributed by atoms with E-state index in [4.69, 9.17) is 4.74 Å². The normalized spacial score (nSPS) is 15.8. The maximum Gasteiger partial charge on any atom is 0.251 e. The highest BCUT2D eigenvalue weighted by Gasteiger charge is 2.27. The van der Waals surface area contributed by atoms with Gasteiger partial charge in [-0.05, 0) is 56.6 Å². The SMILES string of the molecule is COc1ccc(N2CCN(C)CC2)c2c1CCN(C(=O)CCCCNC(=O)c1cccc3ncccc13)C2. The van der Waals surface area contributed by atoms with E-state index in [0.717, 1.165) is 62.1 Å². The number of piperazine rings is 1. The van der Waals surface area contributed by atoms with Crippen LogP contribution in [-0.4, -0.2) is 80.0 Å². The number of methoxy groups -OCH3 is 1. The molecule has 5 rings (SSSR count). The molecule has 8 heteroatoms. The number of ether oxygens (including phenoxy) is 1. The number of hydrogen-bond donors (Lipinski definition) is 1. The maximum atomic E-state index is 13.1. The first kappa shape index (κ1) is 26.0. The van der Waals surface area contributed by atoms with Gasteiger partial charge in [0, 0.05) is 86.2 Å². The van der Waals surface area contributed by atoms with E-state index in [-0.39, 0.29) is 11.8 Å². The lowest BCUT2D eigenvalue weighted by Crippen LogP contribution is -2.45. The minimum Gasteiger partial charge on any atom is -0.496 e. The van der Waals surface area contributed by atoms with Gasteiger partial charge in [-0.15, -0.1) is 0 Å². The summed E-state index contributed by atoms with van der Waals surface area (Å²) in [7, 11) is 3.88. The molecule has 1 saturated heterocycles. The summed E-state index contributed by atoms with van der Waals surface area (Å²) in [5.41, 5.74) is 5.13. The molecule has 2 amide bonds. The van der Waals surface area contributed by atoms with Crippen molar-refractivity contribution < 1.29 is 14.3 Å². The Morgan fingerprint density at radius 2 is 1.82 bits per heavy atom. The van der Waals surface area contributed by atoms with Crippen molar-refractivity contribution in [3.63, 3.8) is 0 Å². The molecule has 0 radical (unpaired) electrons. The Bertz CT molecular complexity index is 1300. The zero-order valence-corrected chi connectivity index (χ0v) is 22.4. The number of nitrogens with zero attached hydrogens (tertiary/aromatic N) is 4. The van der Waals surface area contributed by atoms with E-state index < -0.39 is 0 Å². The van der Waals surface area contributed by atoms with Crippen LogP contribution in [0.4, 0.5) is 5.69 Å². The van der Waals surface area contributed by atoms with Gasteiger partial charge in [0.25, 0.3) is 5.91 Å². The van der Waals surface area contributed by atoms with Gasteiger partial charge in [-0.3, -0.25) is 14.6 Å². The van der Waals surface area contributed by atoms with Crippen molar-refractivity contribution in [2.24, 2.45) is 0 Å². The quantitative estimate of drug-likeness (QED) is 0.463. The Morgan fingerprint density at radius 3 is 2.63 bits per heavy atom. The van der Waals surface area contributed by atoms with Gasteiger partial charge >= 0.3 is 0 Å². The predicted molar refractivity (Wildman–Crippen MR) is 150 cm³/mol. The summed E-state index contributed by atoms with van der Waals surface area (Å²) in [6, 6.07) is 13.6. The van der Waals surface area contributed by atoms with E-state index in [1.54, 1.807) is 13.3 Å². The van der Waals surface area contributed by atoms with Crippen LogP contribution in [0.15, 0.2) is 48.7 Å². The lowest BCUT2D eigenvalue weighted by atomic mass is 9.95. The summed E-state index contributed by atoms with van der Waals surface area (Å²) in [6.45, 7) is 5.93. The summed E-state index contributed by atoms with van der Waals surface area (Å²) in [5.74, 6) is 0.991. The van der Waals surface area contributed by atoms with Gasteiger partial charge in [0.2, 0.25) is 5.91 Å². The zero-order valence-electron chi connectivity index (χ0n) is 22.4. The number of benzene rings is 2. The number of likely N-dealkylation sites (N-methyl/N-ethyl adjacent to an activating group) is 1. The van der Waals surface area contributed by atoms with Crippen molar-refractivity contribution in [1.29, 1.82) is 0 Å². The van der Waals surface area contributed by atoms with Crippen molar-refractivity contribution in [1.82, 2.24) is 20.1 Å². The average molecular weight is 516 g/mol. The molecule has 1 aromatic heterocycles. The van der Waals surface area contributed by atoms with E-state index in [2.05, 4.69) is 39.3 Å². The van der Waals surface area contributed by atoms with Gasteiger partial charge in [-0.2, -0.15) is 0 Å². The highest BCUT2D eigenvalue weighted by molar-refractivity contribution is 6.06. The van der Waals surface area contributed by atoms with E-state index in [1.807, 2.05) is 35.2 Å². The van der Waals surface area contributed by atoms with Crippen LogP contribution in [-0.2, 0) is 17.8 Å². The topological polar surface area (TPSA) is 78.0 Å². The highest BCUT2D eigenvalue weighted by atomic mass is 16.5. The lowest BCUT2D eigenvalue weighted by Gasteiger charge is -2.38. The first-order valence-corrected chi connectivity index (χ1v) is 13.6. The molecular weight excluding hydrogens is 478 g/mol. The molecule has 3 aromatic rings. The second kappa shape index (κ2) is 11.8. The minimum atomic E-state index is -0.104. The maximum absolute atomic E-state index is 13.1. The molecule has 2 aliphatic heterocycles. The molecule has 0 bridgehead atoms. The first-order chi connectivity index (χ1) is 18.5. The van der Waals surface area contributed by atoms with Crippen LogP contribution in [0, 0.1) is 0 Å². The highest BCUT2D eigenvalue weighted by Crippen LogP contribution is 2.36. The Labute approximate surface area is 224 Å². The zero-order chi connectivity index (χ0) is 26.5. The molecule has 8 nitrogen and oxygen atoms in total. The number of unbranched alkanes of at least 4 members (excludes halogenated alkanes) is 1. The molecule has 0 atom stereocenters. The van der Waals surface area contributed by atoms with E-state index in [1.165, 1.54) is 16.8 Å². The number of aromatic nitrogens is 1. The molecule has 0 saturated carbocycles. The van der Waals surface area contributed by atoms with Crippen molar-refractivity contribution >= 4 is 28.4 Å². The summed E-state index contributed by atoms with van der Waals surface area (Å²) in [4.78, 5) is 37.0. The van der Waals surface area contributed by atoms with Gasteiger partial charge in [0.15, 0.2) is 0 Å². The number of pyridine rings is 1. The van der Waals surface area contributed by atoms with Crippen LogP contribution in [0.25, 0.3) is 10.9 Å². The molecule has 0 unspecified atom stereocenters. The fourth-order valence-corrected chi connectivity index (χ4v) is 5.53. The fraction of sp³-hybridized carbons (Fsp3) is 0.433. The fourth-order valence-electron chi connectivity index (χ4n) is 5.53. The third-order valence-electron chi connectivity index (χ3n) is 7.75. The van der Waals surface area contributed by atoms with Crippen LogP contribution in [0.1, 0.15) is 40.7 Å². The number of fused-ring (bicyclic) bond motifs is 2. The lowest BCUT2D eigenvalue weighted by molar-refractivity contribution is -0.132. The van der Waals surface area contributed by atoms with Crippen molar-refractivity contribution in [3.05, 3.63) is 65.4 Å². The van der Waals surface area contributed by atoms with Crippen LogP contribution in [0.5, 0.6) is 5.75 Å². The number of carbonyl (C=O) groups excluding carboxylic acids is 2. The predicted octanol–water partition coefficient (Wildman–Crippen LogP) is 3.48. The number of anilines is 1. The molecule has 200 valence electrons. The third-order valence-corrected chi connectivity index (χ3v) is 7.75. The van der Waals surface area contributed by atoms with Crippen molar-refractivity contribution in [2.75, 3.05) is 58.3 Å². The summed E-state index contributed by atoms with van der Waals surface area (Å²) < 4.78 is 5.67. The summed E-state index contributed by atoms with van der Waals surface area (Å²) >= 11 is 0. The monoisotopic (exact) mass is 515 g/mol. The molecule has 2 aliphatic rings. The van der Waals surface area contributed by atoms with Crippen molar-refractivity contribution in [2.45, 2.75) is 32.2 Å².